The Kier molecular flexibility index (Phi) is 8.76. The summed E-state index contributed by atoms with van der Waals surface area (Å²) in [5.74, 6) is 2.01. The molecule has 2 N–H and O–H groups in total. The minimum Gasteiger partial charge on any atom is -0.370 e. The van der Waals surface area contributed by atoms with Gasteiger partial charge in [0.1, 0.15) is 18.0 Å². The maximum absolute atomic E-state index is 4.42. The molecule has 1 aromatic heterocycles. The molecule has 114 valence electrons. The molecule has 0 aliphatic heterocycles. The molecule has 0 spiro atoms. The summed E-state index contributed by atoms with van der Waals surface area (Å²) >= 11 is 0. The van der Waals surface area contributed by atoms with Gasteiger partial charge in [0.2, 0.25) is 0 Å². The second-order valence-electron chi connectivity index (χ2n) is 5.21. The summed E-state index contributed by atoms with van der Waals surface area (Å²) in [6.07, 6.45) is 9.99. The topological polar surface area (TPSA) is 49.8 Å². The number of nitrogens with one attached hydrogen (secondary N) is 2. The molecule has 1 aromatic rings. The minimum atomic E-state index is 0.962. The van der Waals surface area contributed by atoms with Gasteiger partial charge in [-0.15, -0.1) is 0 Å². The molecule has 4 heteroatoms. The lowest BCUT2D eigenvalue weighted by Crippen LogP contribution is -2.11. The summed E-state index contributed by atoms with van der Waals surface area (Å²) in [6, 6.07) is 0. The molecular formula is C16H30N4. The van der Waals surface area contributed by atoms with Crippen molar-refractivity contribution in [3.63, 3.8) is 0 Å². The van der Waals surface area contributed by atoms with Crippen molar-refractivity contribution in [3.8, 4) is 0 Å². The van der Waals surface area contributed by atoms with Gasteiger partial charge < -0.3 is 10.6 Å². The third-order valence-corrected chi connectivity index (χ3v) is 3.31. The third-order valence-electron chi connectivity index (χ3n) is 3.31. The summed E-state index contributed by atoms with van der Waals surface area (Å²) in [5.41, 5.74) is 1.24. The standard InChI is InChI=1S/C16H30N4/c1-4-7-8-9-12-18-16-14(10-5-2)15(17-11-6-3)19-13-20-16/h13H,4-12H2,1-3H3,(H2,17,18,19,20). The molecule has 0 radical (unpaired) electrons. The van der Waals surface area contributed by atoms with Crippen molar-refractivity contribution in [1.82, 2.24) is 9.97 Å². The van der Waals surface area contributed by atoms with Gasteiger partial charge in [0.15, 0.2) is 0 Å². The molecule has 0 atom stereocenters. The fourth-order valence-corrected chi connectivity index (χ4v) is 2.21. The predicted octanol–water partition coefficient (Wildman–Crippen LogP) is 4.24. The van der Waals surface area contributed by atoms with Crippen molar-refractivity contribution < 1.29 is 0 Å². The molecule has 0 saturated carbocycles. The van der Waals surface area contributed by atoms with Crippen molar-refractivity contribution >= 4 is 11.6 Å². The fraction of sp³-hybridized carbons (Fsp3) is 0.750. The van der Waals surface area contributed by atoms with Crippen LogP contribution in [-0.4, -0.2) is 23.1 Å². The van der Waals surface area contributed by atoms with Gasteiger partial charge >= 0.3 is 0 Å². The van der Waals surface area contributed by atoms with Crippen molar-refractivity contribution in [1.29, 1.82) is 0 Å². The van der Waals surface area contributed by atoms with E-state index in [2.05, 4.69) is 41.4 Å². The Bertz CT molecular complexity index is 365. The highest BCUT2D eigenvalue weighted by molar-refractivity contribution is 5.57. The summed E-state index contributed by atoms with van der Waals surface area (Å²) in [4.78, 5) is 8.81. The average molecular weight is 278 g/mol. The lowest BCUT2D eigenvalue weighted by Gasteiger charge is -2.14. The molecular weight excluding hydrogens is 248 g/mol. The van der Waals surface area contributed by atoms with Gasteiger partial charge in [0, 0.05) is 18.7 Å². The van der Waals surface area contributed by atoms with Gasteiger partial charge in [-0.05, 0) is 19.3 Å². The van der Waals surface area contributed by atoms with E-state index in [1.165, 1.54) is 31.2 Å². The summed E-state index contributed by atoms with van der Waals surface area (Å²) < 4.78 is 0. The minimum absolute atomic E-state index is 0.962. The van der Waals surface area contributed by atoms with Gasteiger partial charge in [0.05, 0.1) is 0 Å². The molecule has 0 saturated heterocycles. The van der Waals surface area contributed by atoms with Gasteiger partial charge in [-0.3, -0.25) is 0 Å². The molecule has 1 rings (SSSR count). The van der Waals surface area contributed by atoms with E-state index in [4.69, 9.17) is 0 Å². The van der Waals surface area contributed by atoms with E-state index < -0.39 is 0 Å². The Morgan fingerprint density at radius 1 is 0.800 bits per heavy atom. The largest absolute Gasteiger partial charge is 0.370 e. The Balaban J connectivity index is 2.62. The predicted molar refractivity (Wildman–Crippen MR) is 87.4 cm³/mol. The number of rotatable bonds is 11. The van der Waals surface area contributed by atoms with Crippen LogP contribution in [-0.2, 0) is 6.42 Å². The quantitative estimate of drug-likeness (QED) is 0.594. The van der Waals surface area contributed by atoms with Crippen LogP contribution in [0.2, 0.25) is 0 Å². The number of hydrogen-bond acceptors (Lipinski definition) is 4. The lowest BCUT2D eigenvalue weighted by atomic mass is 10.1. The molecule has 0 aliphatic carbocycles. The SMILES string of the molecule is CCCCCCNc1ncnc(NCCC)c1CCC. The fourth-order valence-electron chi connectivity index (χ4n) is 2.21. The molecule has 20 heavy (non-hydrogen) atoms. The number of aromatic nitrogens is 2. The first-order valence-corrected chi connectivity index (χ1v) is 8.15. The Labute approximate surface area is 123 Å². The molecule has 0 bridgehead atoms. The van der Waals surface area contributed by atoms with Crippen LogP contribution < -0.4 is 10.6 Å². The zero-order chi connectivity index (χ0) is 14.6. The molecule has 0 fully saturated rings. The second-order valence-corrected chi connectivity index (χ2v) is 5.21. The van der Waals surface area contributed by atoms with Crippen LogP contribution in [0.4, 0.5) is 11.6 Å². The molecule has 0 amide bonds. The van der Waals surface area contributed by atoms with Crippen LogP contribution in [0.3, 0.4) is 0 Å². The summed E-state index contributed by atoms with van der Waals surface area (Å²) in [6.45, 7) is 8.57. The van der Waals surface area contributed by atoms with Crippen LogP contribution in [0.15, 0.2) is 6.33 Å². The van der Waals surface area contributed by atoms with Crippen molar-refractivity contribution in [2.45, 2.75) is 65.7 Å². The summed E-state index contributed by atoms with van der Waals surface area (Å²) in [7, 11) is 0. The van der Waals surface area contributed by atoms with Gasteiger partial charge in [0.25, 0.3) is 0 Å². The number of nitrogens with zero attached hydrogens (tertiary/aromatic N) is 2. The Hall–Kier alpha value is -1.32. The highest BCUT2D eigenvalue weighted by Gasteiger charge is 2.09. The monoisotopic (exact) mass is 278 g/mol. The van der Waals surface area contributed by atoms with E-state index in [1.807, 2.05) is 0 Å². The van der Waals surface area contributed by atoms with Crippen LogP contribution in [0.25, 0.3) is 0 Å². The molecule has 4 nitrogen and oxygen atoms in total. The molecule has 0 aliphatic rings. The van der Waals surface area contributed by atoms with Crippen LogP contribution in [0.5, 0.6) is 0 Å². The van der Waals surface area contributed by atoms with E-state index >= 15 is 0 Å². The normalized spacial score (nSPS) is 10.6. The molecule has 0 unspecified atom stereocenters. The average Bonchev–Trinajstić information content (AvgIpc) is 2.47. The number of hydrogen-bond donors (Lipinski definition) is 2. The number of unbranched alkanes of at least 4 members (excludes halogenated alkanes) is 3. The lowest BCUT2D eigenvalue weighted by molar-refractivity contribution is 0.683. The van der Waals surface area contributed by atoms with Crippen LogP contribution in [0, 0.1) is 0 Å². The molecule has 0 aromatic carbocycles. The van der Waals surface area contributed by atoms with E-state index in [0.29, 0.717) is 0 Å². The van der Waals surface area contributed by atoms with Crippen LogP contribution >= 0.6 is 0 Å². The maximum Gasteiger partial charge on any atom is 0.134 e. The first-order valence-electron chi connectivity index (χ1n) is 8.15. The summed E-state index contributed by atoms with van der Waals surface area (Å²) in [5, 5.41) is 6.89. The number of anilines is 2. The van der Waals surface area contributed by atoms with E-state index in [0.717, 1.165) is 44.0 Å². The second kappa shape index (κ2) is 10.5. The molecule has 1 heterocycles. The highest BCUT2D eigenvalue weighted by Crippen LogP contribution is 2.21. The zero-order valence-electron chi connectivity index (χ0n) is 13.3. The van der Waals surface area contributed by atoms with E-state index in [-0.39, 0.29) is 0 Å². The van der Waals surface area contributed by atoms with E-state index in [9.17, 15) is 0 Å². The Morgan fingerprint density at radius 3 is 2.10 bits per heavy atom. The van der Waals surface area contributed by atoms with Crippen molar-refractivity contribution in [3.05, 3.63) is 11.9 Å². The van der Waals surface area contributed by atoms with Gasteiger partial charge in [-0.2, -0.15) is 0 Å². The van der Waals surface area contributed by atoms with E-state index in [1.54, 1.807) is 6.33 Å². The smallest absolute Gasteiger partial charge is 0.134 e. The zero-order valence-corrected chi connectivity index (χ0v) is 13.3. The maximum atomic E-state index is 4.42. The van der Waals surface area contributed by atoms with Crippen molar-refractivity contribution in [2.75, 3.05) is 23.7 Å². The van der Waals surface area contributed by atoms with Gasteiger partial charge in [-0.25, -0.2) is 9.97 Å². The van der Waals surface area contributed by atoms with Gasteiger partial charge in [-0.1, -0.05) is 46.5 Å². The third kappa shape index (κ3) is 5.76. The first kappa shape index (κ1) is 16.7. The first-order chi connectivity index (χ1) is 9.83. The Morgan fingerprint density at radius 2 is 1.50 bits per heavy atom. The van der Waals surface area contributed by atoms with Crippen molar-refractivity contribution in [2.24, 2.45) is 0 Å². The van der Waals surface area contributed by atoms with Crippen LogP contribution in [0.1, 0.15) is 64.9 Å². The highest BCUT2D eigenvalue weighted by atomic mass is 15.1.